The van der Waals surface area contributed by atoms with Crippen molar-refractivity contribution in [3.63, 3.8) is 0 Å². The second-order valence-corrected chi connectivity index (χ2v) is 5.81. The summed E-state index contributed by atoms with van der Waals surface area (Å²) in [6, 6.07) is 7.27. The van der Waals surface area contributed by atoms with Crippen molar-refractivity contribution in [3.05, 3.63) is 29.3 Å². The van der Waals surface area contributed by atoms with Crippen molar-refractivity contribution in [2.75, 3.05) is 13.1 Å². The third-order valence-electron chi connectivity index (χ3n) is 4.52. The maximum absolute atomic E-state index is 4.68. The Morgan fingerprint density at radius 3 is 2.58 bits per heavy atom. The summed E-state index contributed by atoms with van der Waals surface area (Å²) in [7, 11) is 0. The van der Waals surface area contributed by atoms with Crippen molar-refractivity contribution in [3.8, 4) is 0 Å². The van der Waals surface area contributed by atoms with E-state index in [1.54, 1.807) is 0 Å². The van der Waals surface area contributed by atoms with Crippen LogP contribution in [0.4, 0.5) is 5.69 Å². The van der Waals surface area contributed by atoms with Gasteiger partial charge in [-0.1, -0.05) is 6.07 Å². The van der Waals surface area contributed by atoms with E-state index in [-0.39, 0.29) is 0 Å². The molecule has 1 atom stereocenters. The van der Waals surface area contributed by atoms with Gasteiger partial charge in [0.25, 0.3) is 0 Å². The molecule has 1 aliphatic carbocycles. The number of hydrogen-bond acceptors (Lipinski definition) is 3. The lowest BCUT2D eigenvalue weighted by Gasteiger charge is -2.25. The zero-order chi connectivity index (χ0) is 13.1. The van der Waals surface area contributed by atoms with Gasteiger partial charge < -0.3 is 4.90 Å². The van der Waals surface area contributed by atoms with Gasteiger partial charge in [0.15, 0.2) is 0 Å². The highest BCUT2D eigenvalue weighted by Crippen LogP contribution is 2.28. The first-order valence-electron chi connectivity index (χ1n) is 7.30. The van der Waals surface area contributed by atoms with E-state index in [2.05, 4.69) is 45.5 Å². The van der Waals surface area contributed by atoms with E-state index in [9.17, 15) is 0 Å². The van der Waals surface area contributed by atoms with Gasteiger partial charge in [-0.2, -0.15) is 4.99 Å². The molecule has 0 saturated carbocycles. The molecule has 0 spiro atoms. The van der Waals surface area contributed by atoms with Gasteiger partial charge in [-0.3, -0.25) is 0 Å². The number of nitrogens with zero attached hydrogens (tertiary/aromatic N) is 2. The zero-order valence-electron chi connectivity index (χ0n) is 11.3. The highest BCUT2D eigenvalue weighted by atomic mass is 32.1. The van der Waals surface area contributed by atoms with Crippen LogP contribution in [-0.2, 0) is 12.8 Å². The fourth-order valence-electron chi connectivity index (χ4n) is 3.47. The number of likely N-dealkylation sites (tertiary alicyclic amines) is 1. The molecule has 19 heavy (non-hydrogen) atoms. The van der Waals surface area contributed by atoms with Crippen LogP contribution in [0.1, 0.15) is 36.8 Å². The zero-order valence-corrected chi connectivity index (χ0v) is 12.1. The van der Waals surface area contributed by atoms with Crippen molar-refractivity contribution in [1.29, 1.82) is 0 Å². The number of fused-ring (bicyclic) bond motifs is 1. The molecule has 2 aliphatic rings. The molecule has 0 bridgehead atoms. The molecule has 1 heterocycles. The largest absolute Gasteiger partial charge is 0.300 e. The van der Waals surface area contributed by atoms with Crippen LogP contribution in [0, 0.1) is 0 Å². The molecule has 1 unspecified atom stereocenters. The lowest BCUT2D eigenvalue weighted by atomic mass is 10.0. The van der Waals surface area contributed by atoms with Crippen LogP contribution < -0.4 is 0 Å². The average molecular weight is 272 g/mol. The number of aryl methyl sites for hydroxylation is 2. The van der Waals surface area contributed by atoms with Crippen molar-refractivity contribution in [1.82, 2.24) is 4.90 Å². The fraction of sp³-hybridized carbons (Fsp3) is 0.562. The Morgan fingerprint density at radius 2 is 1.84 bits per heavy atom. The quantitative estimate of drug-likeness (QED) is 0.463. The van der Waals surface area contributed by atoms with Gasteiger partial charge in [0, 0.05) is 6.04 Å². The molecule has 100 valence electrons. The Kier molecular flexibility index (Phi) is 4.07. The Balaban J connectivity index is 1.75. The van der Waals surface area contributed by atoms with Gasteiger partial charge in [-0.05, 0) is 87.1 Å². The smallest absolute Gasteiger partial charge is 0.0742 e. The number of aliphatic imine (C=N–C) groups is 1. The molecule has 3 heteroatoms. The lowest BCUT2D eigenvalue weighted by molar-refractivity contribution is 0.222. The van der Waals surface area contributed by atoms with Crippen molar-refractivity contribution in [2.45, 2.75) is 44.6 Å². The van der Waals surface area contributed by atoms with Gasteiger partial charge >= 0.3 is 0 Å². The molecule has 1 aliphatic heterocycles. The third kappa shape index (κ3) is 2.94. The minimum Gasteiger partial charge on any atom is -0.300 e. The van der Waals surface area contributed by atoms with E-state index < -0.39 is 0 Å². The molecule has 2 nitrogen and oxygen atoms in total. The maximum Gasteiger partial charge on any atom is 0.0742 e. The molecular weight excluding hydrogens is 252 g/mol. The SMILES string of the molecule is S=C=Nc1ccc2c(c1)CCC(N1CCCC1)CC2. The number of thiocarbonyl (C=S) groups is 1. The van der Waals surface area contributed by atoms with E-state index in [1.807, 2.05) is 0 Å². The van der Waals surface area contributed by atoms with Gasteiger partial charge in [0.1, 0.15) is 0 Å². The van der Waals surface area contributed by atoms with Crippen molar-refractivity contribution in [2.24, 2.45) is 4.99 Å². The molecule has 0 radical (unpaired) electrons. The van der Waals surface area contributed by atoms with E-state index >= 15 is 0 Å². The first-order valence-corrected chi connectivity index (χ1v) is 7.71. The number of hydrogen-bond donors (Lipinski definition) is 0. The summed E-state index contributed by atoms with van der Waals surface area (Å²) in [6.45, 7) is 2.61. The van der Waals surface area contributed by atoms with Crippen LogP contribution in [0.2, 0.25) is 0 Å². The van der Waals surface area contributed by atoms with Gasteiger partial charge in [-0.25, -0.2) is 0 Å². The summed E-state index contributed by atoms with van der Waals surface area (Å²) in [6.07, 6.45) is 7.75. The number of benzene rings is 1. The van der Waals surface area contributed by atoms with Crippen LogP contribution in [0.15, 0.2) is 23.2 Å². The fourth-order valence-corrected chi connectivity index (χ4v) is 3.58. The Morgan fingerprint density at radius 1 is 1.11 bits per heavy atom. The minimum absolute atomic E-state index is 0.785. The molecule has 0 aromatic heterocycles. The average Bonchev–Trinajstić information content (AvgIpc) is 2.87. The van der Waals surface area contributed by atoms with Crippen LogP contribution in [-0.4, -0.2) is 29.2 Å². The van der Waals surface area contributed by atoms with Crippen LogP contribution in [0.3, 0.4) is 0 Å². The number of rotatable bonds is 2. The second-order valence-electron chi connectivity index (χ2n) is 5.63. The Labute approximate surface area is 120 Å². The normalized spacial score (nSPS) is 23.5. The summed E-state index contributed by atoms with van der Waals surface area (Å²) in [5.41, 5.74) is 3.92. The van der Waals surface area contributed by atoms with Crippen LogP contribution in [0.25, 0.3) is 0 Å². The van der Waals surface area contributed by atoms with Gasteiger partial charge in [0.05, 0.1) is 10.8 Å². The van der Waals surface area contributed by atoms with E-state index in [0.29, 0.717) is 0 Å². The van der Waals surface area contributed by atoms with Gasteiger partial charge in [-0.15, -0.1) is 0 Å². The predicted octanol–water partition coefficient (Wildman–Crippen LogP) is 3.76. The standard InChI is InChI=1S/C16H20N2S/c19-12-17-15-6-3-13-4-7-16(8-5-14(13)11-15)18-9-1-2-10-18/h3,6,11,16H,1-2,4-5,7-10H2. The summed E-state index contributed by atoms with van der Waals surface area (Å²) in [5, 5.41) is 2.46. The van der Waals surface area contributed by atoms with E-state index in [1.165, 1.54) is 62.7 Å². The van der Waals surface area contributed by atoms with Crippen LogP contribution >= 0.6 is 12.2 Å². The van der Waals surface area contributed by atoms with Gasteiger partial charge in [0.2, 0.25) is 0 Å². The maximum atomic E-state index is 4.68. The molecular formula is C16H20N2S. The monoisotopic (exact) mass is 272 g/mol. The first kappa shape index (κ1) is 13.0. The van der Waals surface area contributed by atoms with E-state index in [4.69, 9.17) is 0 Å². The van der Waals surface area contributed by atoms with Crippen LogP contribution in [0.5, 0.6) is 0 Å². The molecule has 1 aromatic carbocycles. The molecule has 1 saturated heterocycles. The summed E-state index contributed by atoms with van der Waals surface area (Å²) >= 11 is 4.68. The van der Waals surface area contributed by atoms with E-state index in [0.717, 1.165) is 11.7 Å². The molecule has 1 aromatic rings. The molecule has 0 N–H and O–H groups in total. The van der Waals surface area contributed by atoms with Crippen molar-refractivity contribution >= 4 is 23.1 Å². The summed E-state index contributed by atoms with van der Waals surface area (Å²) < 4.78 is 0. The molecule has 1 fully saturated rings. The first-order chi connectivity index (χ1) is 9.36. The summed E-state index contributed by atoms with van der Waals surface area (Å²) in [4.78, 5) is 6.79. The molecule has 0 amide bonds. The molecule has 3 rings (SSSR count). The second kappa shape index (κ2) is 5.96. The highest BCUT2D eigenvalue weighted by molar-refractivity contribution is 7.78. The predicted molar refractivity (Wildman–Crippen MR) is 82.4 cm³/mol. The summed E-state index contributed by atoms with van der Waals surface area (Å²) in [5.74, 6) is 0. The Hall–Kier alpha value is -1.02. The topological polar surface area (TPSA) is 15.6 Å². The number of isothiocyanates is 1. The highest BCUT2D eigenvalue weighted by Gasteiger charge is 2.24. The lowest BCUT2D eigenvalue weighted by Crippen LogP contribution is -2.32. The third-order valence-corrected chi connectivity index (χ3v) is 4.61. The Bertz CT molecular complexity index is 499. The minimum atomic E-state index is 0.785. The van der Waals surface area contributed by atoms with Crippen molar-refractivity contribution < 1.29 is 0 Å².